The molecule has 1 fully saturated rings. The first kappa shape index (κ1) is 17.0. The first-order chi connectivity index (χ1) is 10.2. The van der Waals surface area contributed by atoms with Gasteiger partial charge in [-0.1, -0.05) is 0 Å². The molecule has 124 valence electrons. The highest BCUT2D eigenvalue weighted by Gasteiger charge is 2.28. The van der Waals surface area contributed by atoms with Crippen LogP contribution in [-0.4, -0.2) is 47.8 Å². The highest BCUT2D eigenvalue weighted by molar-refractivity contribution is 7.89. The van der Waals surface area contributed by atoms with Crippen molar-refractivity contribution in [2.24, 2.45) is 18.1 Å². The molecule has 1 aromatic rings. The summed E-state index contributed by atoms with van der Waals surface area (Å²) in [6.45, 7) is 5.05. The number of carbonyl (C=O) groups is 1. The zero-order chi connectivity index (χ0) is 16.5. The van der Waals surface area contributed by atoms with Gasteiger partial charge in [0.05, 0.1) is 11.4 Å². The normalized spacial score (nSPS) is 18.9. The number of sulfonamides is 1. The van der Waals surface area contributed by atoms with E-state index in [9.17, 15) is 13.2 Å². The molecular formula is C14H24N4O3S. The van der Waals surface area contributed by atoms with E-state index >= 15 is 0 Å². The van der Waals surface area contributed by atoms with E-state index < -0.39 is 10.0 Å². The van der Waals surface area contributed by atoms with E-state index in [0.29, 0.717) is 32.4 Å². The van der Waals surface area contributed by atoms with Crippen LogP contribution in [0, 0.1) is 19.8 Å². The molecule has 2 heterocycles. The average Bonchev–Trinajstić information content (AvgIpc) is 2.92. The number of nitrogens with two attached hydrogens (primary N) is 1. The molecule has 0 aromatic carbocycles. The van der Waals surface area contributed by atoms with Crippen molar-refractivity contribution in [1.82, 2.24) is 14.7 Å². The maximum atomic E-state index is 12.3. The predicted molar refractivity (Wildman–Crippen MR) is 83.7 cm³/mol. The smallest absolute Gasteiger partial charge is 0.222 e. The largest absolute Gasteiger partial charge is 0.342 e. The van der Waals surface area contributed by atoms with Crippen LogP contribution in [0.4, 0.5) is 0 Å². The maximum Gasteiger partial charge on any atom is 0.222 e. The summed E-state index contributed by atoms with van der Waals surface area (Å²) >= 11 is 0. The molecule has 2 rings (SSSR count). The van der Waals surface area contributed by atoms with Crippen molar-refractivity contribution in [2.45, 2.75) is 33.1 Å². The van der Waals surface area contributed by atoms with E-state index in [-0.39, 0.29) is 17.6 Å². The Balaban J connectivity index is 1.88. The molecule has 22 heavy (non-hydrogen) atoms. The number of primary sulfonamides is 1. The lowest BCUT2D eigenvalue weighted by atomic mass is 10.1. The number of rotatable bonds is 5. The molecule has 2 N–H and O–H groups in total. The van der Waals surface area contributed by atoms with E-state index in [1.54, 1.807) is 4.90 Å². The van der Waals surface area contributed by atoms with Gasteiger partial charge in [-0.3, -0.25) is 9.48 Å². The van der Waals surface area contributed by atoms with Crippen LogP contribution in [0.1, 0.15) is 29.8 Å². The number of likely N-dealkylation sites (tertiary alicyclic amines) is 1. The zero-order valence-electron chi connectivity index (χ0n) is 13.4. The van der Waals surface area contributed by atoms with Crippen molar-refractivity contribution in [3.63, 3.8) is 0 Å². The third-order valence-electron chi connectivity index (χ3n) is 4.35. The Morgan fingerprint density at radius 1 is 1.41 bits per heavy atom. The number of hydrogen-bond acceptors (Lipinski definition) is 4. The van der Waals surface area contributed by atoms with E-state index in [2.05, 4.69) is 5.10 Å². The van der Waals surface area contributed by atoms with Gasteiger partial charge >= 0.3 is 0 Å². The lowest BCUT2D eigenvalue weighted by Crippen LogP contribution is -2.31. The fourth-order valence-electron chi connectivity index (χ4n) is 3.09. The summed E-state index contributed by atoms with van der Waals surface area (Å²) in [4.78, 5) is 14.0. The van der Waals surface area contributed by atoms with Crippen molar-refractivity contribution in [3.05, 3.63) is 17.0 Å². The minimum Gasteiger partial charge on any atom is -0.342 e. The van der Waals surface area contributed by atoms with Gasteiger partial charge in [-0.2, -0.15) is 5.10 Å². The van der Waals surface area contributed by atoms with Crippen LogP contribution in [-0.2, 0) is 28.3 Å². The second-order valence-electron chi connectivity index (χ2n) is 6.10. The summed E-state index contributed by atoms with van der Waals surface area (Å²) in [6, 6.07) is 0. The van der Waals surface area contributed by atoms with Crippen LogP contribution in [0.15, 0.2) is 0 Å². The number of carbonyl (C=O) groups excluding carboxylic acids is 1. The highest BCUT2D eigenvalue weighted by atomic mass is 32.2. The Hall–Kier alpha value is -1.41. The van der Waals surface area contributed by atoms with Gasteiger partial charge in [0.15, 0.2) is 0 Å². The lowest BCUT2D eigenvalue weighted by Gasteiger charge is -2.16. The first-order valence-electron chi connectivity index (χ1n) is 7.44. The minimum absolute atomic E-state index is 0.0409. The van der Waals surface area contributed by atoms with Gasteiger partial charge in [-0.15, -0.1) is 0 Å². The molecule has 0 unspecified atom stereocenters. The van der Waals surface area contributed by atoms with Gasteiger partial charge in [0.25, 0.3) is 0 Å². The Labute approximate surface area is 131 Å². The van der Waals surface area contributed by atoms with Crippen molar-refractivity contribution < 1.29 is 13.2 Å². The third-order valence-corrected chi connectivity index (χ3v) is 5.29. The van der Waals surface area contributed by atoms with Crippen LogP contribution >= 0.6 is 0 Å². The molecule has 1 aliphatic rings. The highest BCUT2D eigenvalue weighted by Crippen LogP contribution is 2.20. The van der Waals surface area contributed by atoms with Crippen molar-refractivity contribution in [1.29, 1.82) is 0 Å². The number of aromatic nitrogens is 2. The second kappa shape index (κ2) is 6.37. The van der Waals surface area contributed by atoms with E-state index in [4.69, 9.17) is 5.14 Å². The Morgan fingerprint density at radius 3 is 2.64 bits per heavy atom. The van der Waals surface area contributed by atoms with Crippen LogP contribution in [0.5, 0.6) is 0 Å². The molecule has 1 aliphatic heterocycles. The predicted octanol–water partition coefficient (Wildman–Crippen LogP) is 0.107. The van der Waals surface area contributed by atoms with Gasteiger partial charge in [-0.05, 0) is 38.2 Å². The summed E-state index contributed by atoms with van der Waals surface area (Å²) in [5.74, 6) is -0.0159. The lowest BCUT2D eigenvalue weighted by molar-refractivity contribution is -0.130. The van der Waals surface area contributed by atoms with Crippen LogP contribution in [0.25, 0.3) is 0 Å². The molecule has 0 radical (unpaired) electrons. The first-order valence-corrected chi connectivity index (χ1v) is 9.16. The standard InChI is InChI=1S/C14H24N4O3S/c1-10-13(11(2)17(3)16-10)4-5-14(19)18-7-6-12(8-18)9-22(15,20)21/h12H,4-9H2,1-3H3,(H2,15,20,21)/t12-/m1/s1. The van der Waals surface area contributed by atoms with E-state index in [1.807, 2.05) is 25.6 Å². The molecule has 8 heteroatoms. The molecular weight excluding hydrogens is 304 g/mol. The van der Waals surface area contributed by atoms with Gasteiger partial charge in [0.1, 0.15) is 0 Å². The molecule has 0 bridgehead atoms. The summed E-state index contributed by atoms with van der Waals surface area (Å²) in [5.41, 5.74) is 3.16. The van der Waals surface area contributed by atoms with Gasteiger partial charge in [-0.25, -0.2) is 13.6 Å². The molecule has 0 aliphatic carbocycles. The number of amides is 1. The topological polar surface area (TPSA) is 98.3 Å². The zero-order valence-corrected chi connectivity index (χ0v) is 14.2. The monoisotopic (exact) mass is 328 g/mol. The summed E-state index contributed by atoms with van der Waals surface area (Å²) < 4.78 is 24.1. The second-order valence-corrected chi connectivity index (χ2v) is 7.76. The fraction of sp³-hybridized carbons (Fsp3) is 0.714. The number of nitrogens with zero attached hydrogens (tertiary/aromatic N) is 3. The molecule has 1 saturated heterocycles. The average molecular weight is 328 g/mol. The quantitative estimate of drug-likeness (QED) is 0.829. The molecule has 1 aromatic heterocycles. The van der Waals surface area contributed by atoms with Crippen molar-refractivity contribution in [2.75, 3.05) is 18.8 Å². The summed E-state index contributed by atoms with van der Waals surface area (Å²) in [6.07, 6.45) is 1.79. The van der Waals surface area contributed by atoms with Crippen LogP contribution < -0.4 is 5.14 Å². The Bertz CT molecular complexity index is 666. The fourth-order valence-corrected chi connectivity index (χ4v) is 4.02. The Kier molecular flexibility index (Phi) is 4.91. The molecule has 1 amide bonds. The van der Waals surface area contributed by atoms with Gasteiger partial charge in [0, 0.05) is 32.3 Å². The van der Waals surface area contributed by atoms with Crippen LogP contribution in [0.3, 0.4) is 0 Å². The number of aryl methyl sites for hydroxylation is 2. The summed E-state index contributed by atoms with van der Waals surface area (Å²) in [7, 11) is -1.57. The van der Waals surface area contributed by atoms with Crippen molar-refractivity contribution in [3.8, 4) is 0 Å². The van der Waals surface area contributed by atoms with Gasteiger partial charge in [0.2, 0.25) is 15.9 Å². The molecule has 7 nitrogen and oxygen atoms in total. The number of hydrogen-bond donors (Lipinski definition) is 1. The minimum atomic E-state index is -3.47. The Morgan fingerprint density at radius 2 is 2.09 bits per heavy atom. The SMILES string of the molecule is Cc1nn(C)c(C)c1CCC(=O)N1CC[C@@H](CS(N)(=O)=O)C1. The third kappa shape index (κ3) is 4.07. The molecule has 0 spiro atoms. The van der Waals surface area contributed by atoms with Gasteiger partial charge < -0.3 is 4.90 Å². The van der Waals surface area contributed by atoms with E-state index in [0.717, 1.165) is 17.0 Å². The molecule has 0 saturated carbocycles. The maximum absolute atomic E-state index is 12.3. The van der Waals surface area contributed by atoms with E-state index in [1.165, 1.54) is 0 Å². The van der Waals surface area contributed by atoms with Crippen molar-refractivity contribution >= 4 is 15.9 Å². The molecule has 1 atom stereocenters. The summed E-state index contributed by atoms with van der Waals surface area (Å²) in [5, 5.41) is 9.42. The van der Waals surface area contributed by atoms with Crippen LogP contribution in [0.2, 0.25) is 0 Å².